The van der Waals surface area contributed by atoms with Crippen molar-refractivity contribution >= 4 is 29.1 Å². The number of benzene rings is 1. The fourth-order valence-electron chi connectivity index (χ4n) is 2.83. The van der Waals surface area contributed by atoms with E-state index in [9.17, 15) is 9.18 Å². The minimum Gasteiger partial charge on any atom is -0.341 e. The second-order valence-corrected chi connectivity index (χ2v) is 6.22. The average molecular weight is 349 g/mol. The number of amides is 1. The Morgan fingerprint density at radius 2 is 1.83 bits per heavy atom. The zero-order valence-electron chi connectivity index (χ0n) is 13.6. The van der Waals surface area contributed by atoms with Gasteiger partial charge in [0.05, 0.1) is 27.7 Å². The topological polar surface area (TPSA) is 58.1 Å². The van der Waals surface area contributed by atoms with E-state index < -0.39 is 11.7 Å². The number of aryl methyl sites for hydroxylation is 2. The molecule has 7 heteroatoms. The quantitative estimate of drug-likeness (QED) is 0.918. The van der Waals surface area contributed by atoms with Crippen molar-refractivity contribution in [1.29, 1.82) is 0 Å². The Kier molecular flexibility index (Phi) is 4.66. The zero-order valence-corrected chi connectivity index (χ0v) is 14.3. The van der Waals surface area contributed by atoms with E-state index in [1.165, 1.54) is 18.2 Å². The molecule has 1 aliphatic heterocycles. The summed E-state index contributed by atoms with van der Waals surface area (Å²) in [6.45, 7) is 5.48. The minimum atomic E-state index is -0.662. The lowest BCUT2D eigenvalue weighted by molar-refractivity contribution is 0.102. The number of carbonyl (C=O) groups excluding carboxylic acids is 1. The van der Waals surface area contributed by atoms with Gasteiger partial charge in [0.2, 0.25) is 5.95 Å². The van der Waals surface area contributed by atoms with Gasteiger partial charge in [-0.25, -0.2) is 14.4 Å². The van der Waals surface area contributed by atoms with Gasteiger partial charge in [0, 0.05) is 13.1 Å². The fraction of sp³-hybridized carbons (Fsp3) is 0.353. The lowest BCUT2D eigenvalue weighted by Gasteiger charge is -2.18. The third-order valence-electron chi connectivity index (χ3n) is 4.08. The number of rotatable bonds is 3. The smallest absolute Gasteiger partial charge is 0.260 e. The van der Waals surface area contributed by atoms with Crippen molar-refractivity contribution in [2.45, 2.75) is 26.7 Å². The van der Waals surface area contributed by atoms with Crippen molar-refractivity contribution in [3.8, 4) is 0 Å². The predicted molar refractivity (Wildman–Crippen MR) is 92.3 cm³/mol. The molecule has 5 nitrogen and oxygen atoms in total. The molecule has 0 aliphatic carbocycles. The van der Waals surface area contributed by atoms with Gasteiger partial charge in [-0.05, 0) is 38.8 Å². The van der Waals surface area contributed by atoms with Gasteiger partial charge in [-0.15, -0.1) is 0 Å². The van der Waals surface area contributed by atoms with Gasteiger partial charge in [-0.3, -0.25) is 4.79 Å². The van der Waals surface area contributed by atoms with Crippen LogP contribution in [0.3, 0.4) is 0 Å². The van der Waals surface area contributed by atoms with E-state index in [-0.39, 0.29) is 10.6 Å². The maximum absolute atomic E-state index is 13.9. The van der Waals surface area contributed by atoms with Crippen molar-refractivity contribution in [2.75, 3.05) is 23.3 Å². The first kappa shape index (κ1) is 16.6. The Bertz CT molecular complexity index is 747. The zero-order chi connectivity index (χ0) is 17.3. The highest BCUT2D eigenvalue weighted by atomic mass is 35.5. The van der Waals surface area contributed by atoms with Crippen LogP contribution in [0.1, 0.15) is 34.6 Å². The SMILES string of the molecule is Cc1nc(N2CCCC2)nc(C)c1NC(=O)c1c(F)cccc1Cl. The third kappa shape index (κ3) is 3.19. The van der Waals surface area contributed by atoms with Crippen molar-refractivity contribution in [2.24, 2.45) is 0 Å². The van der Waals surface area contributed by atoms with Crippen LogP contribution in [0.4, 0.5) is 16.0 Å². The molecule has 3 rings (SSSR count). The summed E-state index contributed by atoms with van der Waals surface area (Å²) in [5.74, 6) is -0.601. The minimum absolute atomic E-state index is 0.0670. The molecule has 2 heterocycles. The molecule has 0 saturated carbocycles. The molecule has 1 aromatic carbocycles. The third-order valence-corrected chi connectivity index (χ3v) is 4.39. The van der Waals surface area contributed by atoms with Crippen molar-refractivity contribution in [3.63, 3.8) is 0 Å². The Hall–Kier alpha value is -2.21. The largest absolute Gasteiger partial charge is 0.341 e. The molecule has 1 amide bonds. The van der Waals surface area contributed by atoms with Gasteiger partial charge in [0.15, 0.2) is 0 Å². The summed E-state index contributed by atoms with van der Waals surface area (Å²) < 4.78 is 13.9. The molecule has 24 heavy (non-hydrogen) atoms. The number of halogens is 2. The standard InChI is InChI=1S/C17H18ClFN4O/c1-10-15(11(2)21-17(20-10)23-8-3-4-9-23)22-16(24)14-12(18)6-5-7-13(14)19/h5-7H,3-4,8-9H2,1-2H3,(H,22,24). The molecule has 1 fully saturated rings. The van der Waals surface area contributed by atoms with Crippen LogP contribution in [-0.4, -0.2) is 29.0 Å². The summed E-state index contributed by atoms with van der Waals surface area (Å²) in [4.78, 5) is 23.5. The highest BCUT2D eigenvalue weighted by Crippen LogP contribution is 2.25. The van der Waals surface area contributed by atoms with E-state index in [1.807, 2.05) is 0 Å². The van der Waals surface area contributed by atoms with Crippen molar-refractivity contribution in [1.82, 2.24) is 9.97 Å². The van der Waals surface area contributed by atoms with Gasteiger partial charge < -0.3 is 10.2 Å². The van der Waals surface area contributed by atoms with Crippen LogP contribution in [0, 0.1) is 19.7 Å². The van der Waals surface area contributed by atoms with Gasteiger partial charge >= 0.3 is 0 Å². The second kappa shape index (κ2) is 6.73. The van der Waals surface area contributed by atoms with Crippen molar-refractivity contribution in [3.05, 3.63) is 46.0 Å². The fourth-order valence-corrected chi connectivity index (χ4v) is 3.08. The van der Waals surface area contributed by atoms with E-state index in [0.29, 0.717) is 23.0 Å². The maximum atomic E-state index is 13.9. The molecule has 1 saturated heterocycles. The van der Waals surface area contributed by atoms with Crippen molar-refractivity contribution < 1.29 is 9.18 Å². The molecule has 0 spiro atoms. The van der Waals surface area contributed by atoms with Crippen LogP contribution in [-0.2, 0) is 0 Å². The molecule has 1 aliphatic rings. The summed E-state index contributed by atoms with van der Waals surface area (Å²) in [5.41, 5.74) is 1.60. The maximum Gasteiger partial charge on any atom is 0.260 e. The van der Waals surface area contributed by atoms with E-state index in [2.05, 4.69) is 20.2 Å². The van der Waals surface area contributed by atoms with Crippen LogP contribution in [0.25, 0.3) is 0 Å². The number of aromatic nitrogens is 2. The number of nitrogens with one attached hydrogen (secondary N) is 1. The summed E-state index contributed by atoms with van der Waals surface area (Å²) in [6.07, 6.45) is 2.26. The van der Waals surface area contributed by atoms with Gasteiger partial charge in [-0.2, -0.15) is 0 Å². The molecule has 126 valence electrons. The monoisotopic (exact) mass is 348 g/mol. The molecule has 2 aromatic rings. The Morgan fingerprint density at radius 1 is 1.21 bits per heavy atom. The first-order valence-electron chi connectivity index (χ1n) is 7.83. The summed E-state index contributed by atoms with van der Waals surface area (Å²) in [7, 11) is 0. The summed E-state index contributed by atoms with van der Waals surface area (Å²) in [5, 5.41) is 2.75. The Labute approximate surface area is 144 Å². The highest BCUT2D eigenvalue weighted by Gasteiger charge is 2.21. The van der Waals surface area contributed by atoms with E-state index in [0.717, 1.165) is 25.9 Å². The molecule has 1 N–H and O–H groups in total. The number of hydrogen-bond acceptors (Lipinski definition) is 4. The Morgan fingerprint density at radius 3 is 2.42 bits per heavy atom. The van der Waals surface area contributed by atoms with Crippen LogP contribution in [0.15, 0.2) is 18.2 Å². The molecule has 0 radical (unpaired) electrons. The van der Waals surface area contributed by atoms with Crippen LogP contribution >= 0.6 is 11.6 Å². The lowest BCUT2D eigenvalue weighted by Crippen LogP contribution is -2.23. The molecular weight excluding hydrogens is 331 g/mol. The number of hydrogen-bond donors (Lipinski definition) is 1. The predicted octanol–water partition coefficient (Wildman–Crippen LogP) is 3.74. The first-order valence-corrected chi connectivity index (χ1v) is 8.20. The number of carbonyl (C=O) groups is 1. The lowest BCUT2D eigenvalue weighted by atomic mass is 10.2. The highest BCUT2D eigenvalue weighted by molar-refractivity contribution is 6.34. The van der Waals surface area contributed by atoms with Crippen LogP contribution < -0.4 is 10.2 Å². The van der Waals surface area contributed by atoms with Crippen LogP contribution in [0.5, 0.6) is 0 Å². The molecule has 1 aromatic heterocycles. The summed E-state index contributed by atoms with van der Waals surface area (Å²) >= 11 is 5.94. The van der Waals surface area contributed by atoms with E-state index in [4.69, 9.17) is 11.6 Å². The van der Waals surface area contributed by atoms with Crippen LogP contribution in [0.2, 0.25) is 5.02 Å². The molecule has 0 atom stereocenters. The number of nitrogens with zero attached hydrogens (tertiary/aromatic N) is 3. The first-order chi connectivity index (χ1) is 11.5. The normalized spacial score (nSPS) is 14.1. The Balaban J connectivity index is 1.88. The van der Waals surface area contributed by atoms with Gasteiger partial charge in [-0.1, -0.05) is 17.7 Å². The second-order valence-electron chi connectivity index (χ2n) is 5.81. The van der Waals surface area contributed by atoms with Gasteiger partial charge in [0.25, 0.3) is 5.91 Å². The molecule has 0 unspecified atom stereocenters. The molecule has 0 bridgehead atoms. The number of anilines is 2. The summed E-state index contributed by atoms with van der Waals surface area (Å²) in [6, 6.07) is 4.14. The van der Waals surface area contributed by atoms with E-state index in [1.54, 1.807) is 13.8 Å². The van der Waals surface area contributed by atoms with E-state index >= 15 is 0 Å². The average Bonchev–Trinajstić information content (AvgIpc) is 3.05. The molecular formula is C17H18ClFN4O. The van der Waals surface area contributed by atoms with Gasteiger partial charge in [0.1, 0.15) is 5.82 Å².